The first-order valence-electron chi connectivity index (χ1n) is 9.86. The molecule has 2 rings (SSSR count). The Hall–Kier alpha value is -3.42. The second-order valence-electron chi connectivity index (χ2n) is 6.60. The van der Waals surface area contributed by atoms with Gasteiger partial charge in [0.25, 0.3) is 17.7 Å². The van der Waals surface area contributed by atoms with Gasteiger partial charge in [-0.25, -0.2) is 4.39 Å². The molecule has 0 aliphatic carbocycles. The van der Waals surface area contributed by atoms with Crippen LogP contribution in [0.4, 0.5) is 4.39 Å². The molecule has 0 aliphatic rings. The molecule has 3 amide bonds. The van der Waals surface area contributed by atoms with E-state index in [1.165, 1.54) is 24.6 Å². The highest BCUT2D eigenvalue weighted by Crippen LogP contribution is 2.13. The molecule has 0 aromatic heterocycles. The summed E-state index contributed by atoms with van der Waals surface area (Å²) in [5.74, 6) is -1.90. The van der Waals surface area contributed by atoms with E-state index in [0.29, 0.717) is 17.9 Å². The second-order valence-corrected chi connectivity index (χ2v) is 6.60. The van der Waals surface area contributed by atoms with E-state index >= 15 is 0 Å². The Morgan fingerprint density at radius 1 is 0.900 bits per heavy atom. The van der Waals surface area contributed by atoms with Crippen LogP contribution in [0.1, 0.15) is 53.3 Å². The Morgan fingerprint density at radius 3 is 2.33 bits per heavy atom. The molecule has 0 saturated heterocycles. The van der Waals surface area contributed by atoms with Crippen LogP contribution in [0.5, 0.6) is 5.75 Å². The van der Waals surface area contributed by atoms with E-state index in [-0.39, 0.29) is 5.56 Å². The van der Waals surface area contributed by atoms with Gasteiger partial charge in [0.05, 0.1) is 18.7 Å². The highest BCUT2D eigenvalue weighted by Gasteiger charge is 2.13. The molecule has 0 fully saturated rings. The molecule has 0 radical (unpaired) electrons. The molecule has 0 heterocycles. The smallest absolute Gasteiger partial charge is 0.269 e. The lowest BCUT2D eigenvalue weighted by atomic mass is 10.2. The van der Waals surface area contributed by atoms with Crippen LogP contribution >= 0.6 is 0 Å². The van der Waals surface area contributed by atoms with Gasteiger partial charge in [-0.1, -0.05) is 38.3 Å². The summed E-state index contributed by atoms with van der Waals surface area (Å²) in [4.78, 5) is 35.7. The number of carbonyl (C=O) groups is 3. The molecule has 0 atom stereocenters. The van der Waals surface area contributed by atoms with Crippen LogP contribution < -0.4 is 20.9 Å². The second kappa shape index (κ2) is 12.2. The molecule has 7 nitrogen and oxygen atoms in total. The van der Waals surface area contributed by atoms with Gasteiger partial charge in [-0.15, -0.1) is 0 Å². The summed E-state index contributed by atoms with van der Waals surface area (Å²) < 4.78 is 19.1. The van der Waals surface area contributed by atoms with Crippen molar-refractivity contribution in [3.8, 4) is 5.75 Å². The number of halogens is 1. The largest absolute Gasteiger partial charge is 0.494 e. The third kappa shape index (κ3) is 7.54. The summed E-state index contributed by atoms with van der Waals surface area (Å²) in [7, 11) is 0. The molecule has 0 spiro atoms. The Labute approximate surface area is 175 Å². The zero-order chi connectivity index (χ0) is 21.8. The van der Waals surface area contributed by atoms with Crippen LogP contribution in [-0.4, -0.2) is 30.9 Å². The van der Waals surface area contributed by atoms with Crippen molar-refractivity contribution in [2.45, 2.75) is 32.6 Å². The zero-order valence-electron chi connectivity index (χ0n) is 16.9. The maximum atomic E-state index is 13.5. The lowest BCUT2D eigenvalue weighted by molar-refractivity contribution is -0.120. The van der Waals surface area contributed by atoms with Crippen molar-refractivity contribution in [2.75, 3.05) is 13.2 Å². The fraction of sp³-hybridized carbons (Fsp3) is 0.318. The van der Waals surface area contributed by atoms with Crippen molar-refractivity contribution < 1.29 is 23.5 Å². The highest BCUT2D eigenvalue weighted by atomic mass is 19.1. The first-order valence-corrected chi connectivity index (χ1v) is 9.86. The van der Waals surface area contributed by atoms with Crippen LogP contribution in [0.15, 0.2) is 48.5 Å². The van der Waals surface area contributed by atoms with E-state index in [0.717, 1.165) is 25.3 Å². The van der Waals surface area contributed by atoms with Gasteiger partial charge in [0, 0.05) is 5.56 Å². The number of carbonyl (C=O) groups excluding carboxylic acids is 3. The highest BCUT2D eigenvalue weighted by molar-refractivity contribution is 5.98. The maximum Gasteiger partial charge on any atom is 0.269 e. The van der Waals surface area contributed by atoms with E-state index in [9.17, 15) is 18.8 Å². The SMILES string of the molecule is CCCCCCOc1ccc(C(=O)NNC(=O)CNC(=O)c2ccccc2F)cc1. The molecular formula is C22H26FN3O4. The van der Waals surface area contributed by atoms with E-state index in [2.05, 4.69) is 23.1 Å². The summed E-state index contributed by atoms with van der Waals surface area (Å²) in [5.41, 5.74) is 4.62. The number of hydrogen-bond acceptors (Lipinski definition) is 4. The minimum absolute atomic E-state index is 0.165. The van der Waals surface area contributed by atoms with E-state index < -0.39 is 30.1 Å². The van der Waals surface area contributed by atoms with E-state index in [4.69, 9.17) is 4.74 Å². The third-order valence-corrected chi connectivity index (χ3v) is 4.23. The Balaban J connectivity index is 1.71. The molecule has 30 heavy (non-hydrogen) atoms. The Kier molecular flexibility index (Phi) is 9.30. The minimum atomic E-state index is -0.722. The van der Waals surface area contributed by atoms with Crippen molar-refractivity contribution in [3.63, 3.8) is 0 Å². The van der Waals surface area contributed by atoms with Crippen LogP contribution in [0, 0.1) is 5.82 Å². The van der Waals surface area contributed by atoms with E-state index in [1.54, 1.807) is 24.3 Å². The minimum Gasteiger partial charge on any atom is -0.494 e. The standard InChI is InChI=1S/C22H26FN3O4/c1-2-3-4-7-14-30-17-12-10-16(11-13-17)21(28)26-25-20(27)15-24-22(29)18-8-5-6-9-19(18)23/h5-6,8-13H,2-4,7,14-15H2,1H3,(H,24,29)(H,25,27)(H,26,28). The number of ether oxygens (including phenoxy) is 1. The van der Waals surface area contributed by atoms with Crippen LogP contribution in [0.25, 0.3) is 0 Å². The van der Waals surface area contributed by atoms with Gasteiger partial charge in [0.1, 0.15) is 11.6 Å². The molecule has 0 saturated carbocycles. The average molecular weight is 415 g/mol. The fourth-order valence-electron chi connectivity index (χ4n) is 2.57. The number of amides is 3. The summed E-state index contributed by atoms with van der Waals surface area (Å²) in [5, 5.41) is 2.28. The van der Waals surface area contributed by atoms with Crippen molar-refractivity contribution in [1.29, 1.82) is 0 Å². The van der Waals surface area contributed by atoms with Crippen LogP contribution in [0.2, 0.25) is 0 Å². The Morgan fingerprint density at radius 2 is 1.63 bits per heavy atom. The normalized spacial score (nSPS) is 10.2. The van der Waals surface area contributed by atoms with Crippen molar-refractivity contribution in [1.82, 2.24) is 16.2 Å². The molecule has 160 valence electrons. The maximum absolute atomic E-state index is 13.5. The van der Waals surface area contributed by atoms with Gasteiger partial charge < -0.3 is 10.1 Å². The first-order chi connectivity index (χ1) is 14.5. The average Bonchev–Trinajstić information content (AvgIpc) is 2.76. The molecule has 8 heteroatoms. The van der Waals surface area contributed by atoms with Gasteiger partial charge in [0.15, 0.2) is 0 Å². The fourth-order valence-corrected chi connectivity index (χ4v) is 2.57. The molecule has 2 aromatic rings. The van der Waals surface area contributed by atoms with Gasteiger partial charge in [-0.3, -0.25) is 25.2 Å². The first kappa shape index (κ1) is 22.9. The van der Waals surface area contributed by atoms with Gasteiger partial charge in [-0.2, -0.15) is 0 Å². The lowest BCUT2D eigenvalue weighted by Gasteiger charge is -2.10. The van der Waals surface area contributed by atoms with Crippen LogP contribution in [-0.2, 0) is 4.79 Å². The quantitative estimate of drug-likeness (QED) is 0.411. The predicted octanol–water partition coefficient (Wildman–Crippen LogP) is 2.98. The number of hydrogen-bond donors (Lipinski definition) is 3. The molecular weight excluding hydrogens is 389 g/mol. The van der Waals surface area contributed by atoms with Gasteiger partial charge in [0.2, 0.25) is 0 Å². The topological polar surface area (TPSA) is 96.5 Å². The summed E-state index contributed by atoms with van der Waals surface area (Å²) in [6.45, 7) is 2.35. The molecule has 0 bridgehead atoms. The summed E-state index contributed by atoms with van der Waals surface area (Å²) in [6.07, 6.45) is 4.45. The van der Waals surface area contributed by atoms with Crippen molar-refractivity contribution >= 4 is 17.7 Å². The predicted molar refractivity (Wildman–Crippen MR) is 110 cm³/mol. The number of rotatable bonds is 10. The monoisotopic (exact) mass is 415 g/mol. The molecule has 2 aromatic carbocycles. The Bertz CT molecular complexity index is 856. The number of hydrazine groups is 1. The number of benzene rings is 2. The van der Waals surface area contributed by atoms with Crippen LogP contribution in [0.3, 0.4) is 0 Å². The molecule has 0 unspecified atom stereocenters. The lowest BCUT2D eigenvalue weighted by Crippen LogP contribution is -2.46. The van der Waals surface area contributed by atoms with E-state index in [1.807, 2.05) is 0 Å². The molecule has 3 N–H and O–H groups in total. The third-order valence-electron chi connectivity index (χ3n) is 4.23. The summed E-state index contributed by atoms with van der Waals surface area (Å²) in [6, 6.07) is 12.0. The summed E-state index contributed by atoms with van der Waals surface area (Å²) >= 11 is 0. The number of nitrogens with one attached hydrogen (secondary N) is 3. The zero-order valence-corrected chi connectivity index (χ0v) is 16.9. The number of unbranched alkanes of at least 4 members (excludes halogenated alkanes) is 3. The van der Waals surface area contributed by atoms with Crippen molar-refractivity contribution in [3.05, 3.63) is 65.5 Å². The van der Waals surface area contributed by atoms with Gasteiger partial charge in [-0.05, 0) is 42.8 Å². The molecule has 0 aliphatic heterocycles. The van der Waals surface area contributed by atoms with Crippen molar-refractivity contribution in [2.24, 2.45) is 0 Å². The van der Waals surface area contributed by atoms with Gasteiger partial charge >= 0.3 is 0 Å².